The summed E-state index contributed by atoms with van der Waals surface area (Å²) >= 11 is 0. The minimum absolute atomic E-state index is 0.0190. The van der Waals surface area contributed by atoms with Crippen molar-refractivity contribution in [2.24, 2.45) is 11.8 Å². The zero-order valence-electron chi connectivity index (χ0n) is 13.7. The van der Waals surface area contributed by atoms with E-state index in [1.807, 2.05) is 36.4 Å². The molecule has 24 heavy (non-hydrogen) atoms. The Morgan fingerprint density at radius 3 is 2.46 bits per heavy atom. The molecule has 1 aromatic heterocycles. The van der Waals surface area contributed by atoms with Gasteiger partial charge in [0, 0.05) is 23.4 Å². The third kappa shape index (κ3) is 2.71. The average Bonchev–Trinajstić information content (AvgIpc) is 3.51. The van der Waals surface area contributed by atoms with Gasteiger partial charge in [-0.05, 0) is 43.0 Å². The third-order valence-electron chi connectivity index (χ3n) is 5.16. The van der Waals surface area contributed by atoms with Gasteiger partial charge < -0.3 is 4.42 Å². The first-order valence-corrected chi connectivity index (χ1v) is 8.52. The number of anilines is 1. The summed E-state index contributed by atoms with van der Waals surface area (Å²) in [5.41, 5.74) is 0.779. The Morgan fingerprint density at radius 2 is 1.83 bits per heavy atom. The van der Waals surface area contributed by atoms with Crippen molar-refractivity contribution < 1.29 is 9.21 Å². The summed E-state index contributed by atoms with van der Waals surface area (Å²) in [6.07, 6.45) is 2.00. The van der Waals surface area contributed by atoms with Crippen molar-refractivity contribution in [2.75, 3.05) is 11.4 Å². The molecule has 4 nitrogen and oxygen atoms in total. The summed E-state index contributed by atoms with van der Waals surface area (Å²) in [7, 11) is 0. The van der Waals surface area contributed by atoms with Crippen LogP contribution in [0.2, 0.25) is 0 Å². The molecule has 2 fully saturated rings. The molecule has 0 radical (unpaired) electrons. The lowest BCUT2D eigenvalue weighted by atomic mass is 10.2. The van der Waals surface area contributed by atoms with Crippen LogP contribution in [0.1, 0.15) is 43.1 Å². The van der Waals surface area contributed by atoms with Gasteiger partial charge in [0.15, 0.2) is 0 Å². The summed E-state index contributed by atoms with van der Waals surface area (Å²) in [6, 6.07) is 15.6. The van der Waals surface area contributed by atoms with Crippen LogP contribution in [0.25, 0.3) is 0 Å². The Hall–Kier alpha value is -2.54. The minimum Gasteiger partial charge on any atom is -0.465 e. The van der Waals surface area contributed by atoms with E-state index in [1.165, 1.54) is 6.42 Å². The minimum atomic E-state index is -0.0748. The second-order valence-electron chi connectivity index (χ2n) is 6.93. The first-order chi connectivity index (χ1) is 11.7. The van der Waals surface area contributed by atoms with Crippen molar-refractivity contribution in [2.45, 2.75) is 31.6 Å². The Balaban J connectivity index is 1.47. The number of nitriles is 1. The number of hydrogen-bond acceptors (Lipinski definition) is 3. The van der Waals surface area contributed by atoms with Crippen molar-refractivity contribution in [3.63, 3.8) is 0 Å². The standard InChI is InChI=1S/C20H20N2O2/c1-13-11-15(13)18-7-8-19(24-18)16-12-17(16)20(23)22(10-9-21)14-5-3-2-4-6-14/h2-8,13,15-17H,10-12H2,1H3/t13-,15+,16-,17-/m1/s1. The molecule has 4 rings (SSSR count). The Morgan fingerprint density at radius 1 is 1.17 bits per heavy atom. The molecule has 2 saturated carbocycles. The number of hydrogen-bond donors (Lipinski definition) is 0. The predicted octanol–water partition coefficient (Wildman–Crippen LogP) is 4.06. The van der Waals surface area contributed by atoms with Gasteiger partial charge >= 0.3 is 0 Å². The van der Waals surface area contributed by atoms with Crippen molar-refractivity contribution in [3.05, 3.63) is 54.0 Å². The van der Waals surface area contributed by atoms with Crippen LogP contribution >= 0.6 is 0 Å². The van der Waals surface area contributed by atoms with Gasteiger partial charge in [-0.3, -0.25) is 9.69 Å². The molecule has 122 valence electrons. The van der Waals surface area contributed by atoms with Crippen LogP contribution in [0.3, 0.4) is 0 Å². The van der Waals surface area contributed by atoms with Crippen molar-refractivity contribution >= 4 is 11.6 Å². The van der Waals surface area contributed by atoms with E-state index < -0.39 is 0 Å². The number of amides is 1. The first kappa shape index (κ1) is 15.0. The van der Waals surface area contributed by atoms with Crippen molar-refractivity contribution in [1.82, 2.24) is 0 Å². The SMILES string of the molecule is C[C@@H]1C[C@@H]1c1ccc([C@@H]2C[C@H]2C(=O)N(CC#N)c2ccccc2)o1. The molecule has 1 aromatic carbocycles. The maximum Gasteiger partial charge on any atom is 0.231 e. The molecule has 4 heteroatoms. The van der Waals surface area contributed by atoms with E-state index in [0.717, 1.165) is 23.6 Å². The van der Waals surface area contributed by atoms with Gasteiger partial charge in [-0.15, -0.1) is 0 Å². The lowest BCUT2D eigenvalue weighted by molar-refractivity contribution is -0.119. The highest BCUT2D eigenvalue weighted by Gasteiger charge is 2.48. The summed E-state index contributed by atoms with van der Waals surface area (Å²) in [6.45, 7) is 2.31. The largest absolute Gasteiger partial charge is 0.465 e. The van der Waals surface area contributed by atoms with Crippen LogP contribution in [0, 0.1) is 23.2 Å². The fourth-order valence-corrected chi connectivity index (χ4v) is 3.44. The quantitative estimate of drug-likeness (QED) is 0.781. The molecule has 1 heterocycles. The van der Waals surface area contributed by atoms with Crippen LogP contribution in [-0.4, -0.2) is 12.5 Å². The molecular formula is C20H20N2O2. The fourth-order valence-electron chi connectivity index (χ4n) is 3.44. The second kappa shape index (κ2) is 5.83. The van der Waals surface area contributed by atoms with E-state index in [9.17, 15) is 4.79 Å². The molecule has 2 aliphatic carbocycles. The molecule has 0 saturated heterocycles. The third-order valence-corrected chi connectivity index (χ3v) is 5.16. The monoisotopic (exact) mass is 320 g/mol. The Bertz CT molecular complexity index is 789. The maximum atomic E-state index is 12.8. The molecule has 0 bridgehead atoms. The Labute approximate surface area is 141 Å². The van der Waals surface area contributed by atoms with Gasteiger partial charge in [0.2, 0.25) is 5.91 Å². The molecule has 2 aromatic rings. The number of benzene rings is 1. The number of para-hydroxylation sites is 1. The smallest absolute Gasteiger partial charge is 0.231 e. The predicted molar refractivity (Wildman–Crippen MR) is 90.5 cm³/mol. The van der Waals surface area contributed by atoms with Gasteiger partial charge in [-0.1, -0.05) is 25.1 Å². The summed E-state index contributed by atoms with van der Waals surface area (Å²) in [5, 5.41) is 9.07. The van der Waals surface area contributed by atoms with E-state index >= 15 is 0 Å². The second-order valence-corrected chi connectivity index (χ2v) is 6.93. The molecule has 2 aliphatic rings. The number of nitrogens with zero attached hydrogens (tertiary/aromatic N) is 2. The number of rotatable bonds is 5. The van der Waals surface area contributed by atoms with E-state index in [4.69, 9.17) is 9.68 Å². The fraction of sp³-hybridized carbons (Fsp3) is 0.400. The zero-order valence-corrected chi connectivity index (χ0v) is 13.7. The molecule has 4 atom stereocenters. The van der Waals surface area contributed by atoms with E-state index in [2.05, 4.69) is 19.1 Å². The molecule has 0 spiro atoms. The molecular weight excluding hydrogens is 300 g/mol. The molecule has 1 amide bonds. The molecule has 0 aliphatic heterocycles. The highest BCUT2D eigenvalue weighted by Crippen LogP contribution is 2.52. The zero-order chi connectivity index (χ0) is 16.7. The summed E-state index contributed by atoms with van der Waals surface area (Å²) < 4.78 is 5.99. The number of carbonyl (C=O) groups is 1. The maximum absolute atomic E-state index is 12.8. The Kier molecular flexibility index (Phi) is 3.65. The molecule has 0 N–H and O–H groups in total. The first-order valence-electron chi connectivity index (χ1n) is 8.52. The lowest BCUT2D eigenvalue weighted by Crippen LogP contribution is -2.32. The van der Waals surface area contributed by atoms with Crippen LogP contribution < -0.4 is 4.90 Å². The van der Waals surface area contributed by atoms with Crippen LogP contribution in [0.5, 0.6) is 0 Å². The van der Waals surface area contributed by atoms with Crippen molar-refractivity contribution in [3.8, 4) is 6.07 Å². The average molecular weight is 320 g/mol. The van der Waals surface area contributed by atoms with Crippen LogP contribution in [0.15, 0.2) is 46.9 Å². The van der Waals surface area contributed by atoms with Gasteiger partial charge in [-0.25, -0.2) is 0 Å². The van der Waals surface area contributed by atoms with E-state index in [-0.39, 0.29) is 24.3 Å². The van der Waals surface area contributed by atoms with Gasteiger partial charge in [-0.2, -0.15) is 5.26 Å². The summed E-state index contributed by atoms with van der Waals surface area (Å²) in [4.78, 5) is 14.4. The van der Waals surface area contributed by atoms with Gasteiger partial charge in [0.1, 0.15) is 18.1 Å². The highest BCUT2D eigenvalue weighted by molar-refractivity contribution is 5.97. The number of furan rings is 1. The van der Waals surface area contributed by atoms with Gasteiger partial charge in [0.05, 0.1) is 6.07 Å². The highest BCUT2D eigenvalue weighted by atomic mass is 16.3. The normalized spacial score (nSPS) is 27.3. The van der Waals surface area contributed by atoms with E-state index in [1.54, 1.807) is 4.90 Å². The number of carbonyl (C=O) groups excluding carboxylic acids is 1. The topological polar surface area (TPSA) is 57.2 Å². The van der Waals surface area contributed by atoms with E-state index in [0.29, 0.717) is 11.8 Å². The van der Waals surface area contributed by atoms with Crippen molar-refractivity contribution in [1.29, 1.82) is 5.26 Å². The molecule has 0 unspecified atom stereocenters. The lowest BCUT2D eigenvalue weighted by Gasteiger charge is -2.19. The summed E-state index contributed by atoms with van der Waals surface area (Å²) in [5.74, 6) is 3.36. The van der Waals surface area contributed by atoms with Crippen LogP contribution in [0.4, 0.5) is 5.69 Å². The van der Waals surface area contributed by atoms with Gasteiger partial charge in [0.25, 0.3) is 0 Å². The van der Waals surface area contributed by atoms with Crippen LogP contribution in [-0.2, 0) is 4.79 Å².